The van der Waals surface area contributed by atoms with Gasteiger partial charge in [-0.1, -0.05) is 0 Å². The number of amides is 1. The van der Waals surface area contributed by atoms with Crippen molar-refractivity contribution in [2.45, 2.75) is 33.2 Å². The monoisotopic (exact) mass is 297 g/mol. The summed E-state index contributed by atoms with van der Waals surface area (Å²) < 4.78 is 0. The van der Waals surface area contributed by atoms with Gasteiger partial charge in [0.2, 0.25) is 0 Å². The Bertz CT molecular complexity index is 817. The topological polar surface area (TPSA) is 86.5 Å². The number of carbonyl (C=O) groups is 1. The fourth-order valence-electron chi connectivity index (χ4n) is 2.53. The second-order valence-corrected chi connectivity index (χ2v) is 5.68. The number of H-pyrrole nitrogens is 2. The van der Waals surface area contributed by atoms with Gasteiger partial charge in [0.1, 0.15) is 5.82 Å². The molecule has 0 spiro atoms. The first-order valence-electron chi connectivity index (χ1n) is 7.29. The Labute approximate surface area is 128 Å². The maximum atomic E-state index is 12.3. The molecule has 0 unspecified atom stereocenters. The largest absolute Gasteiger partial charge is 0.349 e. The van der Waals surface area contributed by atoms with Crippen molar-refractivity contribution in [3.63, 3.8) is 0 Å². The van der Waals surface area contributed by atoms with E-state index in [9.17, 15) is 4.79 Å². The van der Waals surface area contributed by atoms with Crippen LogP contribution in [0.15, 0.2) is 24.3 Å². The number of aromatic amines is 2. The van der Waals surface area contributed by atoms with E-state index in [1.54, 1.807) is 6.07 Å². The van der Waals surface area contributed by atoms with Crippen LogP contribution in [0, 0.1) is 13.8 Å². The van der Waals surface area contributed by atoms with Gasteiger partial charge in [-0.3, -0.25) is 9.89 Å². The van der Waals surface area contributed by atoms with Crippen LogP contribution < -0.4 is 5.32 Å². The number of aryl methyl sites for hydroxylation is 2. The summed E-state index contributed by atoms with van der Waals surface area (Å²) in [6.45, 7) is 5.83. The Hall–Kier alpha value is -2.63. The molecule has 2 aromatic heterocycles. The third-order valence-corrected chi connectivity index (χ3v) is 3.51. The molecule has 0 aliphatic rings. The van der Waals surface area contributed by atoms with Gasteiger partial charge in [-0.15, -0.1) is 0 Å². The Morgan fingerprint density at radius 2 is 2.14 bits per heavy atom. The highest BCUT2D eigenvalue weighted by atomic mass is 16.1. The van der Waals surface area contributed by atoms with Crippen LogP contribution in [0.1, 0.15) is 34.5 Å². The van der Waals surface area contributed by atoms with Gasteiger partial charge in [-0.05, 0) is 45.0 Å². The van der Waals surface area contributed by atoms with Gasteiger partial charge in [-0.25, -0.2) is 4.98 Å². The van der Waals surface area contributed by atoms with Crippen LogP contribution in [0.25, 0.3) is 11.0 Å². The van der Waals surface area contributed by atoms with Crippen molar-refractivity contribution in [1.29, 1.82) is 0 Å². The number of hydrogen-bond acceptors (Lipinski definition) is 3. The van der Waals surface area contributed by atoms with Crippen LogP contribution in [0.2, 0.25) is 0 Å². The summed E-state index contributed by atoms with van der Waals surface area (Å²) >= 11 is 0. The highest BCUT2D eigenvalue weighted by molar-refractivity contribution is 5.97. The number of carbonyl (C=O) groups excluding carboxylic acids is 1. The van der Waals surface area contributed by atoms with Crippen LogP contribution in [0.4, 0.5) is 0 Å². The standard InChI is InChI=1S/C16H19N5O/c1-9(6-13-7-10(2)20-21-13)17-16(22)12-4-5-14-15(8-12)19-11(3)18-14/h4-5,7-9H,6H2,1-3H3,(H,17,22)(H,18,19)(H,20,21)/t9-/m0/s1. The van der Waals surface area contributed by atoms with Gasteiger partial charge in [-0.2, -0.15) is 5.10 Å². The Morgan fingerprint density at radius 1 is 1.32 bits per heavy atom. The molecule has 2 heterocycles. The SMILES string of the molecule is Cc1cc(C[C@H](C)NC(=O)c2ccc3nc(C)[nH]c3c2)n[nH]1. The molecular weight excluding hydrogens is 278 g/mol. The summed E-state index contributed by atoms with van der Waals surface area (Å²) in [4.78, 5) is 19.8. The number of imidazole rings is 1. The molecule has 3 rings (SSSR count). The van der Waals surface area contributed by atoms with E-state index in [1.807, 2.05) is 39.0 Å². The van der Waals surface area contributed by atoms with Gasteiger partial charge in [0.15, 0.2) is 0 Å². The Kier molecular flexibility index (Phi) is 3.66. The lowest BCUT2D eigenvalue weighted by Crippen LogP contribution is -2.34. The molecule has 0 saturated heterocycles. The molecule has 22 heavy (non-hydrogen) atoms. The normalized spacial score (nSPS) is 12.5. The zero-order chi connectivity index (χ0) is 15.7. The van der Waals surface area contributed by atoms with Gasteiger partial charge >= 0.3 is 0 Å². The van der Waals surface area contributed by atoms with Crippen LogP contribution in [0.5, 0.6) is 0 Å². The number of nitrogens with zero attached hydrogens (tertiary/aromatic N) is 2. The van der Waals surface area contributed by atoms with E-state index in [4.69, 9.17) is 0 Å². The van der Waals surface area contributed by atoms with E-state index >= 15 is 0 Å². The fraction of sp³-hybridized carbons (Fsp3) is 0.312. The molecule has 3 N–H and O–H groups in total. The van der Waals surface area contributed by atoms with Crippen molar-refractivity contribution in [2.75, 3.05) is 0 Å². The van der Waals surface area contributed by atoms with Gasteiger partial charge in [0.05, 0.1) is 16.7 Å². The van der Waals surface area contributed by atoms with E-state index in [0.29, 0.717) is 12.0 Å². The van der Waals surface area contributed by atoms with Crippen LogP contribution >= 0.6 is 0 Å². The summed E-state index contributed by atoms with van der Waals surface area (Å²) in [7, 11) is 0. The lowest BCUT2D eigenvalue weighted by Gasteiger charge is -2.12. The lowest BCUT2D eigenvalue weighted by atomic mass is 10.1. The molecule has 0 aliphatic heterocycles. The number of nitrogens with one attached hydrogen (secondary N) is 3. The first kappa shape index (κ1) is 14.3. The smallest absolute Gasteiger partial charge is 0.251 e. The molecular formula is C16H19N5O. The molecule has 0 saturated carbocycles. The van der Waals surface area contributed by atoms with Gasteiger partial charge in [0.25, 0.3) is 5.91 Å². The maximum Gasteiger partial charge on any atom is 0.251 e. The molecule has 3 aromatic rings. The molecule has 0 radical (unpaired) electrons. The van der Waals surface area contributed by atoms with Crippen LogP contribution in [0.3, 0.4) is 0 Å². The molecule has 1 aromatic carbocycles. The Balaban J connectivity index is 1.69. The number of rotatable bonds is 4. The summed E-state index contributed by atoms with van der Waals surface area (Å²) in [6, 6.07) is 7.48. The first-order valence-corrected chi connectivity index (χ1v) is 7.29. The fourth-order valence-corrected chi connectivity index (χ4v) is 2.53. The van der Waals surface area contributed by atoms with Crippen LogP contribution in [-0.4, -0.2) is 32.1 Å². The van der Waals surface area contributed by atoms with Gasteiger partial charge < -0.3 is 10.3 Å². The minimum atomic E-state index is -0.0890. The van der Waals surface area contributed by atoms with E-state index in [2.05, 4.69) is 25.5 Å². The predicted octanol–water partition coefficient (Wildman–Crippen LogP) is 2.26. The minimum absolute atomic E-state index is 0.00870. The molecule has 0 bridgehead atoms. The second-order valence-electron chi connectivity index (χ2n) is 5.68. The zero-order valence-corrected chi connectivity index (χ0v) is 12.9. The first-order chi connectivity index (χ1) is 10.5. The average molecular weight is 297 g/mol. The summed E-state index contributed by atoms with van der Waals surface area (Å²) in [6.07, 6.45) is 0.696. The highest BCUT2D eigenvalue weighted by Crippen LogP contribution is 2.14. The number of hydrogen-bond donors (Lipinski definition) is 3. The molecule has 0 aliphatic carbocycles. The number of benzene rings is 1. The quantitative estimate of drug-likeness (QED) is 0.690. The van der Waals surface area contributed by atoms with E-state index in [1.165, 1.54) is 0 Å². The van der Waals surface area contributed by atoms with Crippen molar-refractivity contribution in [3.05, 3.63) is 47.0 Å². The minimum Gasteiger partial charge on any atom is -0.349 e. The maximum absolute atomic E-state index is 12.3. The van der Waals surface area contributed by atoms with Gasteiger partial charge in [0, 0.05) is 23.7 Å². The van der Waals surface area contributed by atoms with Crippen molar-refractivity contribution >= 4 is 16.9 Å². The molecule has 1 atom stereocenters. The predicted molar refractivity (Wildman–Crippen MR) is 84.8 cm³/mol. The third kappa shape index (κ3) is 3.00. The average Bonchev–Trinajstić information content (AvgIpc) is 3.02. The molecule has 114 valence electrons. The summed E-state index contributed by atoms with van der Waals surface area (Å²) in [5.74, 6) is 0.753. The van der Waals surface area contributed by atoms with Crippen molar-refractivity contribution in [1.82, 2.24) is 25.5 Å². The zero-order valence-electron chi connectivity index (χ0n) is 12.9. The van der Waals surface area contributed by atoms with E-state index in [-0.39, 0.29) is 11.9 Å². The van der Waals surface area contributed by atoms with Crippen molar-refractivity contribution < 1.29 is 4.79 Å². The van der Waals surface area contributed by atoms with Crippen LogP contribution in [-0.2, 0) is 6.42 Å². The highest BCUT2D eigenvalue weighted by Gasteiger charge is 2.12. The third-order valence-electron chi connectivity index (χ3n) is 3.51. The summed E-state index contributed by atoms with van der Waals surface area (Å²) in [5.41, 5.74) is 4.34. The van der Waals surface area contributed by atoms with E-state index < -0.39 is 0 Å². The summed E-state index contributed by atoms with van der Waals surface area (Å²) in [5, 5.41) is 10.1. The molecule has 6 heteroatoms. The number of aromatic nitrogens is 4. The van der Waals surface area contributed by atoms with Crippen molar-refractivity contribution in [3.8, 4) is 0 Å². The molecule has 0 fully saturated rings. The van der Waals surface area contributed by atoms with E-state index in [0.717, 1.165) is 28.2 Å². The number of fused-ring (bicyclic) bond motifs is 1. The lowest BCUT2D eigenvalue weighted by molar-refractivity contribution is 0.0940. The second kappa shape index (κ2) is 5.63. The Morgan fingerprint density at radius 3 is 2.86 bits per heavy atom. The molecule has 1 amide bonds. The molecule has 6 nitrogen and oxygen atoms in total. The van der Waals surface area contributed by atoms with Crippen molar-refractivity contribution in [2.24, 2.45) is 0 Å².